The van der Waals surface area contributed by atoms with Crippen molar-refractivity contribution in [2.75, 3.05) is 4.43 Å². The van der Waals surface area contributed by atoms with Gasteiger partial charge in [0.05, 0.1) is 18.3 Å². The van der Waals surface area contributed by atoms with Gasteiger partial charge in [-0.25, -0.2) is 0 Å². The molecule has 0 aromatic heterocycles. The quantitative estimate of drug-likeness (QED) is 0.235. The maximum absolute atomic E-state index is 6.99. The van der Waals surface area contributed by atoms with E-state index in [-0.39, 0.29) is 12.2 Å². The van der Waals surface area contributed by atoms with Crippen LogP contribution in [-0.4, -0.2) is 31.1 Å². The third-order valence-corrected chi connectivity index (χ3v) is 11.7. The zero-order valence-electron chi connectivity index (χ0n) is 17.0. The largest absolute Gasteiger partial charge is 0.413 e. The van der Waals surface area contributed by atoms with Crippen LogP contribution in [0, 0.1) is 11.8 Å². The van der Waals surface area contributed by atoms with Crippen molar-refractivity contribution in [1.82, 2.24) is 0 Å². The molecular weight excluding hydrogens is 451 g/mol. The van der Waals surface area contributed by atoms with Crippen molar-refractivity contribution in [3.8, 4) is 0 Å². The molecule has 0 amide bonds. The molecule has 5 atom stereocenters. The Bertz CT molecular complexity index is 550. The highest BCUT2D eigenvalue weighted by Crippen LogP contribution is 2.37. The Balaban J connectivity index is 2.22. The summed E-state index contributed by atoms with van der Waals surface area (Å²) in [5.74, 6) is 0.820. The molecule has 1 aliphatic rings. The van der Waals surface area contributed by atoms with Crippen LogP contribution in [0.3, 0.4) is 0 Å². The second-order valence-corrected chi connectivity index (χ2v) is 13.2. The van der Waals surface area contributed by atoms with E-state index in [2.05, 4.69) is 99.7 Å². The maximum atomic E-state index is 6.99. The lowest BCUT2D eigenvalue weighted by Crippen LogP contribution is -2.54. The van der Waals surface area contributed by atoms with Crippen molar-refractivity contribution in [2.24, 2.45) is 11.8 Å². The summed E-state index contributed by atoms with van der Waals surface area (Å²) in [6, 6.07) is 14.1. The second kappa shape index (κ2) is 10.4. The van der Waals surface area contributed by atoms with Gasteiger partial charge in [-0.2, -0.15) is 0 Å². The summed E-state index contributed by atoms with van der Waals surface area (Å²) >= 11 is 2.46. The lowest BCUT2D eigenvalue weighted by atomic mass is 9.83. The molecule has 1 aromatic carbocycles. The van der Waals surface area contributed by atoms with Crippen LogP contribution in [0.5, 0.6) is 0 Å². The summed E-state index contributed by atoms with van der Waals surface area (Å²) in [6.45, 7) is 11.6. The van der Waals surface area contributed by atoms with Crippen LogP contribution in [0.4, 0.5) is 0 Å². The Labute approximate surface area is 175 Å². The summed E-state index contributed by atoms with van der Waals surface area (Å²) in [5, 5.41) is 0. The predicted octanol–water partition coefficient (Wildman–Crippen LogP) is 6.56. The van der Waals surface area contributed by atoms with E-state index in [1.807, 2.05) is 0 Å². The first-order valence-electron chi connectivity index (χ1n) is 10.1. The Hall–Kier alpha value is -0.173. The van der Waals surface area contributed by atoms with E-state index in [1.165, 1.54) is 23.7 Å². The molecule has 0 radical (unpaired) electrons. The Morgan fingerprint density at radius 1 is 1.04 bits per heavy atom. The number of alkyl halides is 1. The summed E-state index contributed by atoms with van der Waals surface area (Å²) in [7, 11) is -1.63. The van der Waals surface area contributed by atoms with E-state index in [0.717, 1.165) is 4.43 Å². The number of benzene rings is 1. The molecule has 0 aliphatic carbocycles. The SMILES string of the molecule is CC[Si](CC)(CC)O[C@H]1[C@@H](C)[C@@H](CI)O[C@@H](/C=C/c2ccccc2)[C@H]1C. The number of rotatable bonds is 8. The first-order chi connectivity index (χ1) is 12.5. The molecule has 0 N–H and O–H groups in total. The molecule has 2 rings (SSSR count). The van der Waals surface area contributed by atoms with Gasteiger partial charge in [-0.15, -0.1) is 0 Å². The van der Waals surface area contributed by atoms with Crippen LogP contribution in [0.1, 0.15) is 40.2 Å². The van der Waals surface area contributed by atoms with E-state index in [0.29, 0.717) is 17.9 Å². The Morgan fingerprint density at radius 2 is 1.65 bits per heavy atom. The van der Waals surface area contributed by atoms with Crippen molar-refractivity contribution in [1.29, 1.82) is 0 Å². The zero-order chi connectivity index (χ0) is 19.2. The van der Waals surface area contributed by atoms with E-state index >= 15 is 0 Å². The van der Waals surface area contributed by atoms with Crippen LogP contribution in [-0.2, 0) is 9.16 Å². The third-order valence-electron chi connectivity index (χ3n) is 6.22. The van der Waals surface area contributed by atoms with Gasteiger partial charge in [-0.05, 0) is 23.7 Å². The highest BCUT2D eigenvalue weighted by atomic mass is 127. The van der Waals surface area contributed by atoms with E-state index < -0.39 is 8.32 Å². The number of ether oxygens (including phenoxy) is 1. The third kappa shape index (κ3) is 5.21. The Kier molecular flexibility index (Phi) is 8.84. The molecule has 1 saturated heterocycles. The molecule has 1 heterocycles. The minimum atomic E-state index is -1.63. The first kappa shape index (κ1) is 22.1. The van der Waals surface area contributed by atoms with Gasteiger partial charge in [0.2, 0.25) is 0 Å². The van der Waals surface area contributed by atoms with Crippen molar-refractivity contribution in [3.05, 3.63) is 42.0 Å². The monoisotopic (exact) mass is 486 g/mol. The lowest BCUT2D eigenvalue weighted by Gasteiger charge is -2.47. The fraction of sp³-hybridized carbons (Fsp3) is 0.636. The number of halogens is 1. The summed E-state index contributed by atoms with van der Waals surface area (Å²) in [4.78, 5) is 0. The fourth-order valence-electron chi connectivity index (χ4n) is 4.00. The summed E-state index contributed by atoms with van der Waals surface area (Å²) < 4.78 is 14.5. The highest BCUT2D eigenvalue weighted by molar-refractivity contribution is 14.1. The van der Waals surface area contributed by atoms with Gasteiger partial charge in [-0.1, -0.05) is 99.7 Å². The summed E-state index contributed by atoms with van der Waals surface area (Å²) in [5.41, 5.74) is 1.23. The van der Waals surface area contributed by atoms with E-state index in [9.17, 15) is 0 Å². The first-order valence-corrected chi connectivity index (χ1v) is 14.2. The van der Waals surface area contributed by atoms with Gasteiger partial charge in [0, 0.05) is 16.3 Å². The van der Waals surface area contributed by atoms with Gasteiger partial charge in [0.25, 0.3) is 0 Å². The minimum absolute atomic E-state index is 0.119. The topological polar surface area (TPSA) is 18.5 Å². The van der Waals surface area contributed by atoms with E-state index in [1.54, 1.807) is 0 Å². The normalized spacial score (nSPS) is 30.0. The van der Waals surface area contributed by atoms with Gasteiger partial charge >= 0.3 is 0 Å². The molecule has 2 nitrogen and oxygen atoms in total. The number of hydrogen-bond acceptors (Lipinski definition) is 2. The molecule has 1 aromatic rings. The average molecular weight is 487 g/mol. The standard InChI is InChI=1S/C22H35IO2Si/c1-6-26(7-2,8-3)25-22-17(4)20(24-21(16-23)18(22)5)15-14-19-12-10-9-11-13-19/h9-15,17-18,20-22H,6-8,16H2,1-5H3/b15-14+/t17-,18+,20+,21-,22-/m1/s1. The molecular formula is C22H35IO2Si. The number of hydrogen-bond donors (Lipinski definition) is 0. The van der Waals surface area contributed by atoms with Crippen LogP contribution in [0.15, 0.2) is 36.4 Å². The van der Waals surface area contributed by atoms with Crippen molar-refractivity contribution >= 4 is 37.0 Å². The molecule has 1 aliphatic heterocycles. The highest BCUT2D eigenvalue weighted by Gasteiger charge is 2.44. The van der Waals surface area contributed by atoms with Crippen molar-refractivity contribution < 1.29 is 9.16 Å². The maximum Gasteiger partial charge on any atom is 0.192 e. The molecule has 0 unspecified atom stereocenters. The van der Waals surface area contributed by atoms with Gasteiger partial charge in [0.15, 0.2) is 8.32 Å². The predicted molar refractivity (Wildman–Crippen MR) is 123 cm³/mol. The lowest BCUT2D eigenvalue weighted by molar-refractivity contribution is -0.130. The van der Waals surface area contributed by atoms with Crippen LogP contribution in [0.25, 0.3) is 6.08 Å². The second-order valence-electron chi connectivity index (χ2n) is 7.61. The van der Waals surface area contributed by atoms with Gasteiger partial charge < -0.3 is 9.16 Å². The van der Waals surface area contributed by atoms with Crippen LogP contribution >= 0.6 is 22.6 Å². The Morgan fingerprint density at radius 3 is 2.19 bits per heavy atom. The minimum Gasteiger partial charge on any atom is -0.413 e. The molecule has 0 spiro atoms. The zero-order valence-corrected chi connectivity index (χ0v) is 20.1. The molecule has 0 saturated carbocycles. The van der Waals surface area contributed by atoms with Gasteiger partial charge in [0.1, 0.15) is 0 Å². The van der Waals surface area contributed by atoms with Crippen molar-refractivity contribution in [2.45, 2.75) is 71.1 Å². The van der Waals surface area contributed by atoms with Gasteiger partial charge in [-0.3, -0.25) is 0 Å². The van der Waals surface area contributed by atoms with E-state index in [4.69, 9.17) is 9.16 Å². The van der Waals surface area contributed by atoms with Crippen LogP contribution in [0.2, 0.25) is 18.1 Å². The van der Waals surface area contributed by atoms with Crippen molar-refractivity contribution in [3.63, 3.8) is 0 Å². The summed E-state index contributed by atoms with van der Waals surface area (Å²) in [6.07, 6.45) is 5.12. The molecule has 0 bridgehead atoms. The fourth-order valence-corrected chi connectivity index (χ4v) is 8.01. The molecule has 1 fully saturated rings. The average Bonchev–Trinajstić information content (AvgIpc) is 2.69. The molecule has 26 heavy (non-hydrogen) atoms. The van der Waals surface area contributed by atoms with Crippen LogP contribution < -0.4 is 0 Å². The smallest absolute Gasteiger partial charge is 0.192 e. The molecule has 4 heteroatoms. The molecule has 146 valence electrons.